The number of carbonyl (C=O) groups is 1. The van der Waals surface area contributed by atoms with Gasteiger partial charge in [-0.05, 0) is 35.9 Å². The van der Waals surface area contributed by atoms with Gasteiger partial charge in [0.05, 0.1) is 13.7 Å². The monoisotopic (exact) mass is 433 g/mol. The molecule has 1 heterocycles. The fraction of sp³-hybridized carbons (Fsp3) is 0.167. The van der Waals surface area contributed by atoms with Crippen molar-refractivity contribution in [3.8, 4) is 5.75 Å². The Bertz CT molecular complexity index is 959. The highest BCUT2D eigenvalue weighted by atomic mass is 79.9. The number of nitrogens with one attached hydrogen (secondary N) is 1. The molecule has 3 aromatic rings. The maximum atomic E-state index is 12.9. The zero-order valence-corrected chi connectivity index (χ0v) is 16.0. The van der Waals surface area contributed by atoms with Crippen molar-refractivity contribution in [2.75, 3.05) is 12.8 Å². The lowest BCUT2D eigenvalue weighted by atomic mass is 10.2. The van der Waals surface area contributed by atoms with Crippen LogP contribution in [0.5, 0.6) is 5.75 Å². The first-order valence-electron chi connectivity index (χ1n) is 8.02. The van der Waals surface area contributed by atoms with Gasteiger partial charge in [0, 0.05) is 16.6 Å². The van der Waals surface area contributed by atoms with Crippen LogP contribution >= 0.6 is 15.9 Å². The third kappa shape index (κ3) is 4.43. The van der Waals surface area contributed by atoms with Crippen molar-refractivity contribution in [3.63, 3.8) is 0 Å². The molecule has 1 amide bonds. The molecule has 0 bridgehead atoms. The average molecular weight is 434 g/mol. The summed E-state index contributed by atoms with van der Waals surface area (Å²) in [5.74, 6) is 0.0357. The molecular weight excluding hydrogens is 417 g/mol. The van der Waals surface area contributed by atoms with Gasteiger partial charge in [0.2, 0.25) is 0 Å². The maximum Gasteiger partial charge on any atom is 0.275 e. The summed E-state index contributed by atoms with van der Waals surface area (Å²) in [6, 6.07) is 11.4. The molecule has 7 nitrogen and oxygen atoms in total. The smallest absolute Gasteiger partial charge is 0.275 e. The van der Waals surface area contributed by atoms with E-state index in [4.69, 9.17) is 10.5 Å². The molecule has 0 aliphatic heterocycles. The molecule has 0 saturated carbocycles. The van der Waals surface area contributed by atoms with Crippen LogP contribution in [-0.4, -0.2) is 28.0 Å². The van der Waals surface area contributed by atoms with Crippen LogP contribution in [0.2, 0.25) is 0 Å². The maximum absolute atomic E-state index is 12.9. The molecule has 0 radical (unpaired) electrons. The second-order valence-electron chi connectivity index (χ2n) is 5.75. The molecule has 0 aliphatic carbocycles. The summed E-state index contributed by atoms with van der Waals surface area (Å²) in [5.41, 5.74) is 7.67. The molecular formula is C18H17BrFN5O2. The molecule has 27 heavy (non-hydrogen) atoms. The Balaban J connectivity index is 1.72. The third-order valence-corrected chi connectivity index (χ3v) is 4.41. The number of benzene rings is 2. The lowest BCUT2D eigenvalue weighted by Crippen LogP contribution is -2.24. The zero-order chi connectivity index (χ0) is 19.4. The molecule has 0 aliphatic rings. The largest absolute Gasteiger partial charge is 0.496 e. The Hall–Kier alpha value is -2.94. The summed E-state index contributed by atoms with van der Waals surface area (Å²) in [5, 5.41) is 10.5. The molecule has 0 atom stereocenters. The Labute approximate surface area is 163 Å². The molecule has 0 saturated heterocycles. The lowest BCUT2D eigenvalue weighted by molar-refractivity contribution is 0.0946. The van der Waals surface area contributed by atoms with E-state index in [0.717, 1.165) is 15.6 Å². The van der Waals surface area contributed by atoms with Crippen LogP contribution in [0.25, 0.3) is 0 Å². The predicted molar refractivity (Wildman–Crippen MR) is 102 cm³/mol. The van der Waals surface area contributed by atoms with E-state index in [2.05, 4.69) is 31.6 Å². The van der Waals surface area contributed by atoms with Gasteiger partial charge < -0.3 is 15.8 Å². The van der Waals surface area contributed by atoms with E-state index in [1.54, 1.807) is 19.2 Å². The fourth-order valence-electron chi connectivity index (χ4n) is 2.50. The third-order valence-electron chi connectivity index (χ3n) is 3.92. The second-order valence-corrected chi connectivity index (χ2v) is 6.66. The Morgan fingerprint density at radius 3 is 2.74 bits per heavy atom. The second kappa shape index (κ2) is 8.17. The predicted octanol–water partition coefficient (Wildman–Crippen LogP) is 2.75. The molecule has 140 valence electrons. The van der Waals surface area contributed by atoms with Crippen molar-refractivity contribution >= 4 is 27.7 Å². The first-order valence-corrected chi connectivity index (χ1v) is 8.81. The quantitative estimate of drug-likeness (QED) is 0.622. The van der Waals surface area contributed by atoms with E-state index in [9.17, 15) is 9.18 Å². The Morgan fingerprint density at radius 2 is 2.04 bits per heavy atom. The van der Waals surface area contributed by atoms with Crippen LogP contribution in [0.4, 0.5) is 10.2 Å². The van der Waals surface area contributed by atoms with Gasteiger partial charge in [-0.3, -0.25) is 4.79 Å². The Kier molecular flexibility index (Phi) is 5.70. The van der Waals surface area contributed by atoms with Gasteiger partial charge in [-0.2, -0.15) is 0 Å². The van der Waals surface area contributed by atoms with Gasteiger partial charge in [-0.25, -0.2) is 9.07 Å². The molecule has 1 aromatic heterocycles. The minimum absolute atomic E-state index is 0.0334. The van der Waals surface area contributed by atoms with Crippen molar-refractivity contribution in [2.24, 2.45) is 0 Å². The van der Waals surface area contributed by atoms with Crippen LogP contribution in [-0.2, 0) is 13.1 Å². The van der Waals surface area contributed by atoms with Crippen molar-refractivity contribution in [2.45, 2.75) is 13.1 Å². The molecule has 3 rings (SSSR count). The molecule has 0 spiro atoms. The van der Waals surface area contributed by atoms with E-state index in [1.807, 2.05) is 18.2 Å². The summed E-state index contributed by atoms with van der Waals surface area (Å²) >= 11 is 3.41. The van der Waals surface area contributed by atoms with Gasteiger partial charge in [0.25, 0.3) is 5.91 Å². The van der Waals surface area contributed by atoms with Gasteiger partial charge in [-0.15, -0.1) is 5.10 Å². The fourth-order valence-corrected chi connectivity index (χ4v) is 2.91. The van der Waals surface area contributed by atoms with E-state index < -0.39 is 5.91 Å². The Morgan fingerprint density at radius 1 is 1.30 bits per heavy atom. The van der Waals surface area contributed by atoms with Crippen molar-refractivity contribution in [1.29, 1.82) is 0 Å². The first-order chi connectivity index (χ1) is 13.0. The number of aromatic nitrogens is 3. The molecule has 3 N–H and O–H groups in total. The summed E-state index contributed by atoms with van der Waals surface area (Å²) in [4.78, 5) is 12.3. The van der Waals surface area contributed by atoms with Crippen molar-refractivity contribution in [1.82, 2.24) is 20.3 Å². The van der Waals surface area contributed by atoms with Gasteiger partial charge in [-0.1, -0.05) is 33.3 Å². The number of anilines is 1. The van der Waals surface area contributed by atoms with Crippen LogP contribution in [0.15, 0.2) is 46.9 Å². The number of hydrogen-bond acceptors (Lipinski definition) is 5. The number of nitrogens with zero attached hydrogens (tertiary/aromatic N) is 3. The minimum atomic E-state index is -0.454. The van der Waals surface area contributed by atoms with E-state index in [-0.39, 0.29) is 23.9 Å². The number of carbonyl (C=O) groups excluding carboxylic acids is 1. The minimum Gasteiger partial charge on any atom is -0.496 e. The molecule has 0 fully saturated rings. The SMILES string of the molecule is COc1ccc(Br)cc1Cn1nnc(C(=O)NCc2ccc(F)cc2)c1N. The highest BCUT2D eigenvalue weighted by molar-refractivity contribution is 9.10. The number of rotatable bonds is 6. The number of hydrogen-bond donors (Lipinski definition) is 2. The van der Waals surface area contributed by atoms with Crippen LogP contribution in [0.3, 0.4) is 0 Å². The summed E-state index contributed by atoms with van der Waals surface area (Å²) < 4.78 is 20.6. The molecule has 9 heteroatoms. The number of halogens is 2. The summed E-state index contributed by atoms with van der Waals surface area (Å²) in [6.07, 6.45) is 0. The molecule has 0 unspecified atom stereocenters. The topological polar surface area (TPSA) is 95.1 Å². The number of amides is 1. The number of nitrogens with two attached hydrogens (primary N) is 1. The molecule has 2 aromatic carbocycles. The highest BCUT2D eigenvalue weighted by Gasteiger charge is 2.18. The van der Waals surface area contributed by atoms with Gasteiger partial charge in [0.15, 0.2) is 11.5 Å². The van der Waals surface area contributed by atoms with E-state index in [0.29, 0.717) is 12.3 Å². The van der Waals surface area contributed by atoms with Gasteiger partial charge in [0.1, 0.15) is 11.6 Å². The summed E-state index contributed by atoms with van der Waals surface area (Å²) in [7, 11) is 1.58. The number of methoxy groups -OCH3 is 1. The van der Waals surface area contributed by atoms with Crippen molar-refractivity contribution in [3.05, 3.63) is 69.6 Å². The van der Waals surface area contributed by atoms with Gasteiger partial charge >= 0.3 is 0 Å². The highest BCUT2D eigenvalue weighted by Crippen LogP contribution is 2.24. The first kappa shape index (κ1) is 18.8. The van der Waals surface area contributed by atoms with E-state index >= 15 is 0 Å². The van der Waals surface area contributed by atoms with Crippen molar-refractivity contribution < 1.29 is 13.9 Å². The van der Waals surface area contributed by atoms with Crippen LogP contribution < -0.4 is 15.8 Å². The lowest BCUT2D eigenvalue weighted by Gasteiger charge is -2.10. The number of ether oxygens (including phenoxy) is 1. The summed E-state index contributed by atoms with van der Waals surface area (Å²) in [6.45, 7) is 0.525. The number of nitrogen functional groups attached to an aromatic ring is 1. The van der Waals surface area contributed by atoms with Crippen LogP contribution in [0, 0.1) is 5.82 Å². The van der Waals surface area contributed by atoms with Crippen LogP contribution in [0.1, 0.15) is 21.6 Å². The van der Waals surface area contributed by atoms with E-state index in [1.165, 1.54) is 16.8 Å². The average Bonchev–Trinajstić information content (AvgIpc) is 3.02. The normalized spacial score (nSPS) is 10.6. The standard InChI is InChI=1S/C18H17BrFN5O2/c1-27-15-7-4-13(19)8-12(15)10-25-17(21)16(23-24-25)18(26)22-9-11-2-5-14(20)6-3-11/h2-8H,9-10,21H2,1H3,(H,22,26). The zero-order valence-electron chi connectivity index (χ0n) is 14.4.